The minimum atomic E-state index is 0.327. The molecule has 0 unspecified atom stereocenters. The number of pyridine rings is 1. The van der Waals surface area contributed by atoms with Gasteiger partial charge in [0.1, 0.15) is 0 Å². The van der Waals surface area contributed by atoms with Gasteiger partial charge >= 0.3 is 0 Å². The van der Waals surface area contributed by atoms with Crippen LogP contribution in [-0.2, 0) is 6.42 Å². The van der Waals surface area contributed by atoms with Gasteiger partial charge in [0, 0.05) is 46.1 Å². The fraction of sp³-hybridized carbons (Fsp3) is 0.269. The Labute approximate surface area is 172 Å². The van der Waals surface area contributed by atoms with E-state index >= 15 is 0 Å². The summed E-state index contributed by atoms with van der Waals surface area (Å²) in [6, 6.07) is 22.4. The molecule has 146 valence electrons. The second-order valence-electron chi connectivity index (χ2n) is 8.21. The number of hydrogen-bond donors (Lipinski definition) is 2. The summed E-state index contributed by atoms with van der Waals surface area (Å²) < 4.78 is 0. The molecular weight excluding hydrogens is 354 g/mol. The molecule has 0 amide bonds. The van der Waals surface area contributed by atoms with Crippen molar-refractivity contribution < 1.29 is 0 Å². The average Bonchev–Trinajstić information content (AvgIpc) is 3.14. The summed E-state index contributed by atoms with van der Waals surface area (Å²) >= 11 is 0. The summed E-state index contributed by atoms with van der Waals surface area (Å²) in [5.41, 5.74) is 8.88. The molecule has 5 rings (SSSR count). The van der Waals surface area contributed by atoms with E-state index in [0.717, 1.165) is 12.1 Å². The number of aryl methyl sites for hydroxylation is 2. The fourth-order valence-corrected chi connectivity index (χ4v) is 4.59. The predicted molar refractivity (Wildman–Crippen MR) is 120 cm³/mol. The van der Waals surface area contributed by atoms with Crippen molar-refractivity contribution in [1.82, 2.24) is 15.3 Å². The zero-order valence-electron chi connectivity index (χ0n) is 17.1. The number of H-pyrrole nitrogens is 1. The van der Waals surface area contributed by atoms with Crippen molar-refractivity contribution >= 4 is 10.9 Å². The van der Waals surface area contributed by atoms with E-state index in [-0.39, 0.29) is 0 Å². The van der Waals surface area contributed by atoms with E-state index in [9.17, 15) is 0 Å². The molecule has 3 nitrogen and oxygen atoms in total. The second kappa shape index (κ2) is 7.49. The molecule has 0 fully saturated rings. The van der Waals surface area contributed by atoms with E-state index in [1.54, 1.807) is 0 Å². The lowest BCUT2D eigenvalue weighted by Gasteiger charge is -2.27. The first-order chi connectivity index (χ1) is 14.2. The van der Waals surface area contributed by atoms with Crippen molar-refractivity contribution in [2.75, 3.05) is 0 Å². The number of nitrogens with zero attached hydrogens (tertiary/aromatic N) is 1. The van der Waals surface area contributed by atoms with E-state index in [1.807, 2.05) is 13.1 Å². The number of benzene rings is 2. The molecule has 2 aromatic carbocycles. The molecule has 1 aliphatic rings. The first-order valence-corrected chi connectivity index (χ1v) is 10.6. The molecule has 4 aromatic rings. The van der Waals surface area contributed by atoms with Gasteiger partial charge in [0.15, 0.2) is 0 Å². The summed E-state index contributed by atoms with van der Waals surface area (Å²) in [6.07, 6.45) is 5.51. The summed E-state index contributed by atoms with van der Waals surface area (Å²) in [7, 11) is 0. The summed E-state index contributed by atoms with van der Waals surface area (Å²) in [6.45, 7) is 4.29. The van der Waals surface area contributed by atoms with Gasteiger partial charge in [0.2, 0.25) is 0 Å². The van der Waals surface area contributed by atoms with Crippen LogP contribution in [0.3, 0.4) is 0 Å². The van der Waals surface area contributed by atoms with Gasteiger partial charge in [-0.25, -0.2) is 0 Å². The molecule has 0 bridgehead atoms. The van der Waals surface area contributed by atoms with E-state index < -0.39 is 0 Å². The standard InChI is InChI=1S/C26H27N3/c1-17-11-12-21(16-27-17)20-13-14-24-23(15-20)22-9-6-10-25(26(22)29-24)28-18(2)19-7-4-3-5-8-19/h3-5,7-8,11-16,18,25,28-29H,6,9-10H2,1-2H3/t18-,25-/m1/s1. The average molecular weight is 382 g/mol. The van der Waals surface area contributed by atoms with Crippen LogP contribution in [0.5, 0.6) is 0 Å². The van der Waals surface area contributed by atoms with Crippen molar-refractivity contribution in [2.45, 2.75) is 45.2 Å². The Morgan fingerprint density at radius 1 is 1.03 bits per heavy atom. The smallest absolute Gasteiger partial charge is 0.0480 e. The van der Waals surface area contributed by atoms with Crippen molar-refractivity contribution in [2.24, 2.45) is 0 Å². The minimum absolute atomic E-state index is 0.327. The Morgan fingerprint density at radius 3 is 2.66 bits per heavy atom. The number of fused-ring (bicyclic) bond motifs is 3. The molecule has 0 radical (unpaired) electrons. The Bertz CT molecular complexity index is 1130. The highest BCUT2D eigenvalue weighted by atomic mass is 15.0. The largest absolute Gasteiger partial charge is 0.357 e. The molecule has 0 spiro atoms. The number of rotatable bonds is 4. The molecule has 2 N–H and O–H groups in total. The normalized spacial score (nSPS) is 17.2. The molecule has 0 aliphatic heterocycles. The zero-order valence-corrected chi connectivity index (χ0v) is 17.1. The molecule has 0 saturated heterocycles. The highest BCUT2D eigenvalue weighted by Gasteiger charge is 2.25. The fourth-order valence-electron chi connectivity index (χ4n) is 4.59. The van der Waals surface area contributed by atoms with E-state index in [2.05, 4.69) is 82.9 Å². The molecule has 2 aromatic heterocycles. The van der Waals surface area contributed by atoms with Crippen LogP contribution in [0.4, 0.5) is 0 Å². The third-order valence-corrected chi connectivity index (χ3v) is 6.20. The van der Waals surface area contributed by atoms with Crippen molar-refractivity contribution in [3.05, 3.63) is 89.4 Å². The van der Waals surface area contributed by atoms with Crippen LogP contribution in [0.2, 0.25) is 0 Å². The maximum absolute atomic E-state index is 4.47. The van der Waals surface area contributed by atoms with Crippen molar-refractivity contribution in [3.63, 3.8) is 0 Å². The van der Waals surface area contributed by atoms with Gasteiger partial charge in [-0.05, 0) is 68.0 Å². The molecule has 2 heterocycles. The van der Waals surface area contributed by atoms with Gasteiger partial charge in [-0.1, -0.05) is 42.5 Å². The van der Waals surface area contributed by atoms with Crippen molar-refractivity contribution in [3.8, 4) is 11.1 Å². The first kappa shape index (κ1) is 18.1. The number of aromatic amines is 1. The van der Waals surface area contributed by atoms with Gasteiger partial charge in [-0.3, -0.25) is 4.98 Å². The maximum Gasteiger partial charge on any atom is 0.0480 e. The lowest BCUT2D eigenvalue weighted by atomic mass is 9.90. The van der Waals surface area contributed by atoms with Crippen LogP contribution in [0, 0.1) is 6.92 Å². The lowest BCUT2D eigenvalue weighted by Crippen LogP contribution is -2.27. The Kier molecular flexibility index (Phi) is 4.69. The zero-order chi connectivity index (χ0) is 19.8. The van der Waals surface area contributed by atoms with Crippen LogP contribution in [0.15, 0.2) is 66.9 Å². The van der Waals surface area contributed by atoms with Crippen LogP contribution in [0.1, 0.15) is 54.4 Å². The van der Waals surface area contributed by atoms with E-state index in [4.69, 9.17) is 0 Å². The highest BCUT2D eigenvalue weighted by molar-refractivity contribution is 5.89. The van der Waals surface area contributed by atoms with Crippen LogP contribution < -0.4 is 5.32 Å². The molecule has 3 heteroatoms. The SMILES string of the molecule is Cc1ccc(-c2ccc3[nH]c4c(c3c2)CCC[C@H]4N[C@H](C)c2ccccc2)cn1. The highest BCUT2D eigenvalue weighted by Crippen LogP contribution is 2.37. The Balaban J connectivity index is 1.49. The first-order valence-electron chi connectivity index (χ1n) is 10.6. The topological polar surface area (TPSA) is 40.7 Å². The molecular formula is C26H27N3. The third kappa shape index (κ3) is 3.47. The van der Waals surface area contributed by atoms with Crippen molar-refractivity contribution in [1.29, 1.82) is 0 Å². The van der Waals surface area contributed by atoms with E-state index in [0.29, 0.717) is 12.1 Å². The third-order valence-electron chi connectivity index (χ3n) is 6.20. The Morgan fingerprint density at radius 2 is 1.86 bits per heavy atom. The predicted octanol–water partition coefficient (Wildman–Crippen LogP) is 6.27. The molecule has 0 saturated carbocycles. The van der Waals surface area contributed by atoms with Gasteiger partial charge in [0.05, 0.1) is 0 Å². The summed E-state index contributed by atoms with van der Waals surface area (Å²) in [5.74, 6) is 0. The monoisotopic (exact) mass is 381 g/mol. The Hall–Kier alpha value is -2.91. The number of nitrogens with one attached hydrogen (secondary N) is 2. The van der Waals surface area contributed by atoms with Gasteiger partial charge in [-0.15, -0.1) is 0 Å². The molecule has 29 heavy (non-hydrogen) atoms. The lowest BCUT2D eigenvalue weighted by molar-refractivity contribution is 0.410. The van der Waals surface area contributed by atoms with Crippen LogP contribution >= 0.6 is 0 Å². The number of hydrogen-bond acceptors (Lipinski definition) is 2. The van der Waals surface area contributed by atoms with Crippen LogP contribution in [0.25, 0.3) is 22.0 Å². The molecule has 1 aliphatic carbocycles. The van der Waals surface area contributed by atoms with E-state index in [1.165, 1.54) is 51.7 Å². The van der Waals surface area contributed by atoms with Gasteiger partial charge in [0.25, 0.3) is 0 Å². The summed E-state index contributed by atoms with van der Waals surface area (Å²) in [5, 5.41) is 5.22. The summed E-state index contributed by atoms with van der Waals surface area (Å²) in [4.78, 5) is 8.20. The number of aromatic nitrogens is 2. The van der Waals surface area contributed by atoms with Crippen LogP contribution in [-0.4, -0.2) is 9.97 Å². The second-order valence-corrected chi connectivity index (χ2v) is 8.21. The quantitative estimate of drug-likeness (QED) is 0.437. The van der Waals surface area contributed by atoms with Gasteiger partial charge in [-0.2, -0.15) is 0 Å². The van der Waals surface area contributed by atoms with Gasteiger partial charge < -0.3 is 10.3 Å². The maximum atomic E-state index is 4.47. The molecule has 2 atom stereocenters. The minimum Gasteiger partial charge on any atom is -0.357 e.